The van der Waals surface area contributed by atoms with E-state index in [0.717, 1.165) is 23.6 Å². The van der Waals surface area contributed by atoms with Crippen LogP contribution in [-0.4, -0.2) is 75.8 Å². The first-order valence-electron chi connectivity index (χ1n) is 11.6. The van der Waals surface area contributed by atoms with Crippen molar-refractivity contribution in [1.82, 2.24) is 9.88 Å². The summed E-state index contributed by atoms with van der Waals surface area (Å²) in [5.74, 6) is -0.424. The Bertz CT molecular complexity index is 884. The predicted octanol–water partition coefficient (Wildman–Crippen LogP) is 1.58. The van der Waals surface area contributed by atoms with E-state index >= 15 is 0 Å². The second kappa shape index (κ2) is 14.1. The highest BCUT2D eigenvalue weighted by Gasteiger charge is 2.27. The molecule has 9 nitrogen and oxygen atoms in total. The van der Waals surface area contributed by atoms with Crippen LogP contribution in [0, 0.1) is 0 Å². The lowest BCUT2D eigenvalue weighted by Crippen LogP contribution is -2.41. The number of rotatable bonds is 16. The SMILES string of the molecule is NCCOCCOCCOCCOCCCc1ccc2cn(C3CCC(=O)NC3=O)cc2c1. The van der Waals surface area contributed by atoms with E-state index in [9.17, 15) is 9.59 Å². The summed E-state index contributed by atoms with van der Waals surface area (Å²) in [6.45, 7) is 5.06. The van der Waals surface area contributed by atoms with Crippen LogP contribution in [0.15, 0.2) is 30.6 Å². The van der Waals surface area contributed by atoms with Crippen molar-refractivity contribution in [2.24, 2.45) is 5.73 Å². The minimum Gasteiger partial charge on any atom is -0.379 e. The summed E-state index contributed by atoms with van der Waals surface area (Å²) in [5, 5.41) is 4.60. The van der Waals surface area contributed by atoms with Gasteiger partial charge in [-0.2, -0.15) is 0 Å². The summed E-state index contributed by atoms with van der Waals surface area (Å²) in [6, 6.07) is 6.02. The molecule has 0 aliphatic carbocycles. The maximum absolute atomic E-state index is 12.1. The number of amides is 2. The molecule has 182 valence electrons. The van der Waals surface area contributed by atoms with Gasteiger partial charge in [-0.1, -0.05) is 12.1 Å². The third kappa shape index (κ3) is 8.53. The predicted molar refractivity (Wildman–Crippen MR) is 124 cm³/mol. The van der Waals surface area contributed by atoms with Crippen molar-refractivity contribution in [2.45, 2.75) is 31.7 Å². The van der Waals surface area contributed by atoms with Crippen LogP contribution in [0.1, 0.15) is 30.9 Å². The maximum atomic E-state index is 12.1. The molecule has 1 aliphatic heterocycles. The van der Waals surface area contributed by atoms with Gasteiger partial charge in [0.2, 0.25) is 11.8 Å². The highest BCUT2D eigenvalue weighted by Crippen LogP contribution is 2.25. The van der Waals surface area contributed by atoms with Crippen LogP contribution in [0.2, 0.25) is 0 Å². The lowest BCUT2D eigenvalue weighted by Gasteiger charge is -2.21. The molecule has 33 heavy (non-hydrogen) atoms. The van der Waals surface area contributed by atoms with Crippen molar-refractivity contribution in [3.63, 3.8) is 0 Å². The van der Waals surface area contributed by atoms with Crippen molar-refractivity contribution in [3.8, 4) is 0 Å². The van der Waals surface area contributed by atoms with E-state index in [2.05, 4.69) is 23.5 Å². The summed E-state index contributed by atoms with van der Waals surface area (Å²) in [5.41, 5.74) is 6.56. The first-order valence-corrected chi connectivity index (χ1v) is 11.6. The minimum atomic E-state index is -0.323. The molecule has 0 spiro atoms. The Kier molecular flexibility index (Phi) is 10.8. The number of nitrogens with two attached hydrogens (primary N) is 1. The lowest BCUT2D eigenvalue weighted by atomic mass is 10.1. The van der Waals surface area contributed by atoms with Gasteiger partial charge >= 0.3 is 0 Å². The molecule has 2 aromatic rings. The third-order valence-electron chi connectivity index (χ3n) is 5.43. The number of ether oxygens (including phenoxy) is 4. The Morgan fingerprint density at radius 3 is 2.18 bits per heavy atom. The van der Waals surface area contributed by atoms with E-state index in [1.165, 1.54) is 5.56 Å². The number of nitrogens with zero attached hydrogens (tertiary/aromatic N) is 1. The minimum absolute atomic E-state index is 0.196. The molecule has 2 heterocycles. The average molecular weight is 462 g/mol. The number of nitrogens with one attached hydrogen (secondary N) is 1. The van der Waals surface area contributed by atoms with Crippen molar-refractivity contribution in [1.29, 1.82) is 0 Å². The van der Waals surface area contributed by atoms with Gasteiger partial charge in [0.15, 0.2) is 0 Å². The monoisotopic (exact) mass is 461 g/mol. The molecule has 0 bridgehead atoms. The number of piperidine rings is 1. The molecular weight excluding hydrogens is 426 g/mol. The van der Waals surface area contributed by atoms with Gasteiger partial charge in [-0.3, -0.25) is 14.9 Å². The number of hydrogen-bond donors (Lipinski definition) is 2. The first-order chi connectivity index (χ1) is 16.2. The largest absolute Gasteiger partial charge is 0.379 e. The quantitative estimate of drug-likeness (QED) is 0.288. The third-order valence-corrected chi connectivity index (χ3v) is 5.43. The van der Waals surface area contributed by atoms with Crippen molar-refractivity contribution in [2.75, 3.05) is 59.4 Å². The molecule has 0 radical (unpaired) electrons. The van der Waals surface area contributed by atoms with Crippen LogP contribution in [-0.2, 0) is 35.0 Å². The number of carbonyl (C=O) groups excluding carboxylic acids is 2. The van der Waals surface area contributed by atoms with Gasteiger partial charge in [-0.05, 0) is 41.7 Å². The normalized spacial score (nSPS) is 16.5. The van der Waals surface area contributed by atoms with E-state index in [-0.39, 0.29) is 17.9 Å². The number of benzene rings is 1. The molecule has 9 heteroatoms. The molecule has 1 atom stereocenters. The Morgan fingerprint density at radius 2 is 1.52 bits per heavy atom. The number of fused-ring (bicyclic) bond motifs is 1. The maximum Gasteiger partial charge on any atom is 0.249 e. The van der Waals surface area contributed by atoms with Gasteiger partial charge < -0.3 is 29.2 Å². The highest BCUT2D eigenvalue weighted by atomic mass is 16.6. The smallest absolute Gasteiger partial charge is 0.249 e. The second-order valence-corrected chi connectivity index (χ2v) is 7.98. The number of carbonyl (C=O) groups is 2. The lowest BCUT2D eigenvalue weighted by molar-refractivity contribution is -0.135. The molecule has 3 rings (SSSR count). The fourth-order valence-corrected chi connectivity index (χ4v) is 3.74. The molecule has 2 amide bonds. The second-order valence-electron chi connectivity index (χ2n) is 7.98. The molecule has 1 saturated heterocycles. The molecule has 3 N–H and O–H groups in total. The molecule has 1 fully saturated rings. The fraction of sp³-hybridized carbons (Fsp3) is 0.583. The first kappa shape index (κ1) is 25.3. The topological polar surface area (TPSA) is 114 Å². The number of aromatic nitrogens is 1. The van der Waals surface area contributed by atoms with Crippen molar-refractivity contribution >= 4 is 22.6 Å². The van der Waals surface area contributed by atoms with E-state index in [1.807, 2.05) is 17.0 Å². The number of aryl methyl sites for hydroxylation is 1. The van der Waals surface area contributed by atoms with Crippen LogP contribution in [0.25, 0.3) is 10.8 Å². The molecular formula is C24H35N3O6. The molecule has 1 unspecified atom stereocenters. The van der Waals surface area contributed by atoms with Crippen LogP contribution in [0.5, 0.6) is 0 Å². The zero-order valence-corrected chi connectivity index (χ0v) is 19.1. The Morgan fingerprint density at radius 1 is 0.879 bits per heavy atom. The Labute approximate surface area is 194 Å². The number of imide groups is 1. The zero-order chi connectivity index (χ0) is 23.3. The highest BCUT2D eigenvalue weighted by molar-refractivity contribution is 5.99. The fourth-order valence-electron chi connectivity index (χ4n) is 3.74. The van der Waals surface area contributed by atoms with Gasteiger partial charge in [0.05, 0.1) is 46.2 Å². The summed E-state index contributed by atoms with van der Waals surface area (Å²) < 4.78 is 23.6. The molecule has 0 saturated carbocycles. The van der Waals surface area contributed by atoms with Crippen LogP contribution in [0.4, 0.5) is 0 Å². The van der Waals surface area contributed by atoms with Gasteiger partial charge in [-0.25, -0.2) is 0 Å². The number of hydrogen-bond acceptors (Lipinski definition) is 7. The molecule has 1 aliphatic rings. The van der Waals surface area contributed by atoms with Gasteiger partial charge in [0.25, 0.3) is 0 Å². The van der Waals surface area contributed by atoms with Gasteiger partial charge in [-0.15, -0.1) is 0 Å². The van der Waals surface area contributed by atoms with E-state index in [0.29, 0.717) is 72.2 Å². The summed E-state index contributed by atoms with van der Waals surface area (Å²) in [6.07, 6.45) is 6.72. The van der Waals surface area contributed by atoms with Crippen LogP contribution < -0.4 is 11.1 Å². The summed E-state index contributed by atoms with van der Waals surface area (Å²) >= 11 is 0. The Balaban J connectivity index is 1.26. The van der Waals surface area contributed by atoms with Crippen LogP contribution >= 0.6 is 0 Å². The van der Waals surface area contributed by atoms with Crippen molar-refractivity contribution < 1.29 is 28.5 Å². The van der Waals surface area contributed by atoms with E-state index < -0.39 is 0 Å². The van der Waals surface area contributed by atoms with Gasteiger partial charge in [0.1, 0.15) is 6.04 Å². The molecule has 1 aromatic heterocycles. The zero-order valence-electron chi connectivity index (χ0n) is 19.1. The van der Waals surface area contributed by atoms with Gasteiger partial charge in [0, 0.05) is 32.0 Å². The summed E-state index contributed by atoms with van der Waals surface area (Å²) in [4.78, 5) is 23.5. The van der Waals surface area contributed by atoms with E-state index in [1.54, 1.807) is 0 Å². The van der Waals surface area contributed by atoms with Crippen molar-refractivity contribution in [3.05, 3.63) is 36.2 Å². The summed E-state index contributed by atoms with van der Waals surface area (Å²) in [7, 11) is 0. The Hall–Kier alpha value is -2.30. The average Bonchev–Trinajstić information content (AvgIpc) is 3.22. The van der Waals surface area contributed by atoms with E-state index in [4.69, 9.17) is 24.7 Å². The van der Waals surface area contributed by atoms with Crippen LogP contribution in [0.3, 0.4) is 0 Å². The standard InChI is InChI=1S/C24H35N3O6/c25-7-9-31-11-13-33-15-14-32-12-10-30-8-1-2-19-3-4-20-17-27(18-21(20)16-19)22-5-6-23(28)26-24(22)29/h3-4,16-18,22H,1-2,5-15,25H2,(H,26,28,29). The molecule has 1 aromatic carbocycles.